The van der Waals surface area contributed by atoms with Gasteiger partial charge < -0.3 is 19.7 Å². The van der Waals surface area contributed by atoms with E-state index in [-0.39, 0.29) is 11.5 Å². The van der Waals surface area contributed by atoms with E-state index in [0.717, 1.165) is 11.0 Å². The van der Waals surface area contributed by atoms with Crippen LogP contribution in [-0.4, -0.2) is 35.6 Å². The van der Waals surface area contributed by atoms with Crippen molar-refractivity contribution < 1.29 is 29.3 Å². The fourth-order valence-corrected chi connectivity index (χ4v) is 3.23. The summed E-state index contributed by atoms with van der Waals surface area (Å²) in [5.41, 5.74) is 0.161. The topological polar surface area (TPSA) is 105 Å². The van der Waals surface area contributed by atoms with E-state index in [1.807, 2.05) is 18.4 Å². The molecule has 0 saturated heterocycles. The molecular weight excluding hydrogens is 406 g/mol. The average molecular weight is 432 g/mol. The normalized spacial score (nSPS) is 12.4. The van der Waals surface area contributed by atoms with Crippen LogP contribution in [0.4, 0.5) is 10.5 Å². The number of ether oxygens (including phenoxy) is 2. The van der Waals surface area contributed by atoms with Crippen LogP contribution >= 0.6 is 11.8 Å². The summed E-state index contributed by atoms with van der Waals surface area (Å²) in [6.45, 7) is 3.47. The highest BCUT2D eigenvalue weighted by molar-refractivity contribution is 7.98. The van der Waals surface area contributed by atoms with Gasteiger partial charge in [-0.25, -0.2) is 9.59 Å². The molecule has 0 fully saturated rings. The van der Waals surface area contributed by atoms with Gasteiger partial charge in [-0.1, -0.05) is 26.0 Å². The van der Waals surface area contributed by atoms with Gasteiger partial charge in [-0.05, 0) is 48.2 Å². The molecule has 0 aromatic heterocycles. The molecular formula is C22H25NO6S. The van der Waals surface area contributed by atoms with Gasteiger partial charge in [0, 0.05) is 22.1 Å². The zero-order chi connectivity index (χ0) is 22.3. The number of aliphatic carboxylic acids is 1. The Hall–Kier alpha value is -3.13. The van der Waals surface area contributed by atoms with Gasteiger partial charge in [0.25, 0.3) is 0 Å². The van der Waals surface area contributed by atoms with Crippen molar-refractivity contribution in [2.24, 2.45) is 5.41 Å². The van der Waals surface area contributed by atoms with Crippen LogP contribution < -0.4 is 10.1 Å². The molecule has 8 heteroatoms. The van der Waals surface area contributed by atoms with Crippen LogP contribution in [0, 0.1) is 5.41 Å². The number of carbonyl (C=O) groups excluding carboxylic acids is 1. The van der Waals surface area contributed by atoms with Gasteiger partial charge in [0.1, 0.15) is 6.10 Å². The highest BCUT2D eigenvalue weighted by Crippen LogP contribution is 2.41. The third kappa shape index (κ3) is 6.18. The Morgan fingerprint density at radius 1 is 1.17 bits per heavy atom. The quantitative estimate of drug-likeness (QED) is 0.395. The summed E-state index contributed by atoms with van der Waals surface area (Å²) in [6, 6.07) is 11.9. The van der Waals surface area contributed by atoms with E-state index in [1.165, 1.54) is 19.3 Å². The van der Waals surface area contributed by atoms with Gasteiger partial charge in [-0.15, -0.1) is 11.8 Å². The first-order valence-electron chi connectivity index (χ1n) is 9.07. The summed E-state index contributed by atoms with van der Waals surface area (Å²) < 4.78 is 10.7. The highest BCUT2D eigenvalue weighted by Gasteiger charge is 2.33. The largest absolute Gasteiger partial charge is 0.504 e. The Kier molecular flexibility index (Phi) is 7.77. The fraction of sp³-hybridized carbons (Fsp3) is 0.273. The van der Waals surface area contributed by atoms with E-state index >= 15 is 0 Å². The van der Waals surface area contributed by atoms with Gasteiger partial charge in [0.2, 0.25) is 0 Å². The number of carboxylic acids is 1. The second kappa shape index (κ2) is 10.1. The molecule has 2 aromatic rings. The van der Waals surface area contributed by atoms with Gasteiger partial charge in [0.05, 0.1) is 7.11 Å². The lowest BCUT2D eigenvalue weighted by Crippen LogP contribution is -2.27. The first kappa shape index (κ1) is 23.2. The van der Waals surface area contributed by atoms with Crippen molar-refractivity contribution in [1.82, 2.24) is 0 Å². The molecule has 2 aromatic carbocycles. The Bertz CT molecular complexity index is 924. The van der Waals surface area contributed by atoms with E-state index in [4.69, 9.17) is 14.6 Å². The van der Waals surface area contributed by atoms with Crippen molar-refractivity contribution in [3.05, 3.63) is 60.2 Å². The van der Waals surface area contributed by atoms with Crippen LogP contribution in [0.25, 0.3) is 0 Å². The van der Waals surface area contributed by atoms with Gasteiger partial charge in [-0.2, -0.15) is 0 Å². The summed E-state index contributed by atoms with van der Waals surface area (Å²) in [6.07, 6.45) is 2.82. The van der Waals surface area contributed by atoms with Crippen molar-refractivity contribution in [3.8, 4) is 11.5 Å². The Labute approximate surface area is 179 Å². The summed E-state index contributed by atoms with van der Waals surface area (Å²) in [5.74, 6) is -0.956. The molecule has 0 aliphatic rings. The minimum Gasteiger partial charge on any atom is -0.504 e. The molecule has 2 rings (SSSR count). The first-order valence-corrected chi connectivity index (χ1v) is 10.3. The Balaban J connectivity index is 2.31. The number of carbonyl (C=O) groups is 2. The lowest BCUT2D eigenvalue weighted by Gasteiger charge is -2.31. The molecule has 0 heterocycles. The molecule has 0 saturated carbocycles. The monoisotopic (exact) mass is 431 g/mol. The molecule has 0 aliphatic carbocycles. The second-order valence-electron chi connectivity index (χ2n) is 7.06. The van der Waals surface area contributed by atoms with Crippen molar-refractivity contribution in [3.63, 3.8) is 0 Å². The minimum absolute atomic E-state index is 0.116. The number of nitrogens with one attached hydrogen (secondary N) is 1. The van der Waals surface area contributed by atoms with Crippen molar-refractivity contribution in [2.45, 2.75) is 24.8 Å². The average Bonchev–Trinajstić information content (AvgIpc) is 2.71. The number of carboxylic acid groups (broad SMARTS) is 1. The van der Waals surface area contributed by atoms with Crippen LogP contribution in [-0.2, 0) is 9.53 Å². The summed E-state index contributed by atoms with van der Waals surface area (Å²) >= 11 is 1.59. The molecule has 7 nitrogen and oxygen atoms in total. The van der Waals surface area contributed by atoms with E-state index in [1.54, 1.807) is 49.9 Å². The molecule has 0 unspecified atom stereocenters. The van der Waals surface area contributed by atoms with Crippen molar-refractivity contribution in [2.75, 3.05) is 18.7 Å². The molecule has 0 spiro atoms. The van der Waals surface area contributed by atoms with E-state index in [2.05, 4.69) is 5.32 Å². The second-order valence-corrected chi connectivity index (χ2v) is 7.94. The maximum absolute atomic E-state index is 12.6. The molecule has 0 bridgehead atoms. The number of rotatable bonds is 8. The zero-order valence-corrected chi connectivity index (χ0v) is 18.0. The number of methoxy groups -OCH3 is 1. The lowest BCUT2D eigenvalue weighted by molar-refractivity contribution is -0.131. The number of aromatic hydroxyl groups is 1. The van der Waals surface area contributed by atoms with Gasteiger partial charge >= 0.3 is 12.1 Å². The standard InChI is InChI=1S/C22H25NO6S/c1-22(2,12-11-19(25)26)20(14-5-10-18(28-3)17(24)13-14)29-21(27)23-15-6-8-16(30-4)9-7-15/h5-13,20,24H,1-4H3,(H,23,27)(H,25,26)/b12-11+/t20-/m0/s1. The lowest BCUT2D eigenvalue weighted by atomic mass is 9.82. The molecule has 3 N–H and O–H groups in total. The number of hydrogen-bond donors (Lipinski definition) is 3. The third-order valence-corrected chi connectivity index (χ3v) is 5.14. The predicted octanol–water partition coefficient (Wildman–Crippen LogP) is 5.08. The number of thioether (sulfide) groups is 1. The molecule has 30 heavy (non-hydrogen) atoms. The van der Waals surface area contributed by atoms with Crippen molar-refractivity contribution >= 4 is 29.5 Å². The van der Waals surface area contributed by atoms with Crippen LogP contribution in [0.1, 0.15) is 25.5 Å². The molecule has 160 valence electrons. The van der Waals surface area contributed by atoms with E-state index in [0.29, 0.717) is 11.3 Å². The highest BCUT2D eigenvalue weighted by atomic mass is 32.2. The third-order valence-electron chi connectivity index (χ3n) is 4.40. The molecule has 0 aliphatic heterocycles. The maximum Gasteiger partial charge on any atom is 0.412 e. The number of phenolic OH excluding ortho intramolecular Hbond substituents is 1. The predicted molar refractivity (Wildman–Crippen MR) is 116 cm³/mol. The SMILES string of the molecule is COc1ccc([C@H](OC(=O)Nc2ccc(SC)cc2)C(C)(C)/C=C/C(=O)O)cc1O. The Morgan fingerprint density at radius 3 is 2.37 bits per heavy atom. The van der Waals surface area contributed by atoms with Gasteiger partial charge in [-0.3, -0.25) is 5.32 Å². The Morgan fingerprint density at radius 2 is 1.83 bits per heavy atom. The van der Waals surface area contributed by atoms with E-state index < -0.39 is 23.6 Å². The molecule has 1 atom stereocenters. The number of amides is 1. The molecule has 1 amide bonds. The van der Waals surface area contributed by atoms with Gasteiger partial charge in [0.15, 0.2) is 11.5 Å². The van der Waals surface area contributed by atoms with Crippen LogP contribution in [0.2, 0.25) is 0 Å². The minimum atomic E-state index is -1.11. The summed E-state index contributed by atoms with van der Waals surface area (Å²) in [5, 5.41) is 21.8. The summed E-state index contributed by atoms with van der Waals surface area (Å²) in [4.78, 5) is 24.6. The van der Waals surface area contributed by atoms with Crippen LogP contribution in [0.5, 0.6) is 11.5 Å². The van der Waals surface area contributed by atoms with Crippen LogP contribution in [0.3, 0.4) is 0 Å². The summed E-state index contributed by atoms with van der Waals surface area (Å²) in [7, 11) is 1.43. The smallest absolute Gasteiger partial charge is 0.412 e. The zero-order valence-electron chi connectivity index (χ0n) is 17.2. The number of anilines is 1. The van der Waals surface area contributed by atoms with E-state index in [9.17, 15) is 14.7 Å². The van der Waals surface area contributed by atoms with Crippen molar-refractivity contribution in [1.29, 1.82) is 0 Å². The maximum atomic E-state index is 12.6. The molecule has 0 radical (unpaired) electrons. The van der Waals surface area contributed by atoms with Crippen LogP contribution in [0.15, 0.2) is 59.5 Å². The number of benzene rings is 2. The number of phenols is 1. The number of hydrogen-bond acceptors (Lipinski definition) is 6. The fourth-order valence-electron chi connectivity index (χ4n) is 2.82. The first-order chi connectivity index (χ1) is 14.2.